The van der Waals surface area contributed by atoms with E-state index in [2.05, 4.69) is 0 Å². The lowest BCUT2D eigenvalue weighted by Gasteiger charge is -2.14. The number of hydrogen-bond acceptors (Lipinski definition) is 4. The number of hydrogen-bond donors (Lipinski definition) is 0. The molecule has 0 aliphatic heterocycles. The molecule has 0 aliphatic rings. The number of carbonyl (C=O) groups is 1. The van der Waals surface area contributed by atoms with Gasteiger partial charge < -0.3 is 14.0 Å². The maximum absolute atomic E-state index is 12.5. The zero-order valence-corrected chi connectivity index (χ0v) is 13.9. The van der Waals surface area contributed by atoms with Crippen LogP contribution >= 0.6 is 0 Å². The lowest BCUT2D eigenvalue weighted by atomic mass is 10.1. The van der Waals surface area contributed by atoms with Gasteiger partial charge in [0.1, 0.15) is 5.56 Å². The van der Waals surface area contributed by atoms with Gasteiger partial charge in [-0.05, 0) is 39.3 Å². The van der Waals surface area contributed by atoms with Crippen LogP contribution in [0.2, 0.25) is 0 Å². The van der Waals surface area contributed by atoms with E-state index in [9.17, 15) is 9.59 Å². The van der Waals surface area contributed by atoms with Gasteiger partial charge in [0.05, 0.1) is 18.2 Å². The van der Waals surface area contributed by atoms with Gasteiger partial charge >= 0.3 is 5.97 Å². The third kappa shape index (κ3) is 4.20. The van der Waals surface area contributed by atoms with Crippen molar-refractivity contribution in [2.24, 2.45) is 0 Å². The molecule has 0 spiro atoms. The molecule has 0 saturated carbocycles. The van der Waals surface area contributed by atoms with E-state index in [1.807, 2.05) is 30.5 Å². The summed E-state index contributed by atoms with van der Waals surface area (Å²) in [6.07, 6.45) is 2.58. The summed E-state index contributed by atoms with van der Waals surface area (Å²) in [7, 11) is 0. The molecule has 5 nitrogen and oxygen atoms in total. The first-order valence-corrected chi connectivity index (χ1v) is 7.95. The van der Waals surface area contributed by atoms with E-state index in [-0.39, 0.29) is 23.7 Å². The van der Waals surface area contributed by atoms with Crippen molar-refractivity contribution in [3.63, 3.8) is 0 Å². The van der Waals surface area contributed by atoms with Gasteiger partial charge in [-0.2, -0.15) is 0 Å². The lowest BCUT2D eigenvalue weighted by molar-refractivity contribution is 0.0524. The van der Waals surface area contributed by atoms with Crippen molar-refractivity contribution in [2.75, 3.05) is 13.2 Å². The zero-order chi connectivity index (χ0) is 16.8. The maximum atomic E-state index is 12.5. The minimum absolute atomic E-state index is 0.0790. The molecule has 1 aromatic heterocycles. The number of carbonyl (C=O) groups excluding carboxylic acids is 1. The van der Waals surface area contributed by atoms with Crippen molar-refractivity contribution in [3.05, 3.63) is 46.2 Å². The minimum atomic E-state index is -0.574. The van der Waals surface area contributed by atoms with E-state index in [1.165, 1.54) is 0 Å². The maximum Gasteiger partial charge on any atom is 0.343 e. The molecular formula is C18H23NO4. The van der Waals surface area contributed by atoms with Crippen LogP contribution in [0, 0.1) is 0 Å². The minimum Gasteiger partial charge on any atom is -0.462 e. The topological polar surface area (TPSA) is 57.5 Å². The second-order valence-electron chi connectivity index (χ2n) is 5.58. The summed E-state index contributed by atoms with van der Waals surface area (Å²) in [6.45, 7) is 7.25. The van der Waals surface area contributed by atoms with E-state index in [4.69, 9.17) is 9.47 Å². The van der Waals surface area contributed by atoms with Crippen molar-refractivity contribution in [2.45, 2.75) is 39.8 Å². The Morgan fingerprint density at radius 1 is 1.26 bits per heavy atom. The average Bonchev–Trinajstić information content (AvgIpc) is 2.53. The third-order valence-electron chi connectivity index (χ3n) is 3.48. The second kappa shape index (κ2) is 7.92. The number of nitrogens with zero attached hydrogens (tertiary/aromatic N) is 1. The Bertz CT molecular complexity index is 733. The highest BCUT2D eigenvalue weighted by atomic mass is 16.5. The van der Waals surface area contributed by atoms with E-state index >= 15 is 0 Å². The fraction of sp³-hybridized carbons (Fsp3) is 0.444. The number of aromatic nitrogens is 1. The molecule has 0 fully saturated rings. The number of ether oxygens (including phenoxy) is 2. The molecule has 0 aliphatic carbocycles. The molecule has 1 aromatic carbocycles. The summed E-state index contributed by atoms with van der Waals surface area (Å²) in [5.41, 5.74) is 0.610. The van der Waals surface area contributed by atoms with E-state index in [0.29, 0.717) is 18.5 Å². The van der Waals surface area contributed by atoms with Gasteiger partial charge in [-0.1, -0.05) is 12.1 Å². The molecule has 0 saturated heterocycles. The number of rotatable bonds is 7. The molecule has 2 aromatic rings. The summed E-state index contributed by atoms with van der Waals surface area (Å²) in [5.74, 6) is -0.574. The normalized spacial score (nSPS) is 11.1. The first kappa shape index (κ1) is 17.2. The summed E-state index contributed by atoms with van der Waals surface area (Å²) >= 11 is 0. The summed E-state index contributed by atoms with van der Waals surface area (Å²) in [5, 5.41) is 0.530. The van der Waals surface area contributed by atoms with Crippen LogP contribution in [-0.2, 0) is 16.0 Å². The molecule has 23 heavy (non-hydrogen) atoms. The fourth-order valence-electron chi connectivity index (χ4n) is 2.44. The Morgan fingerprint density at radius 3 is 2.70 bits per heavy atom. The summed E-state index contributed by atoms with van der Waals surface area (Å²) in [6, 6.07) is 7.30. The van der Waals surface area contributed by atoms with Crippen molar-refractivity contribution in [1.29, 1.82) is 0 Å². The van der Waals surface area contributed by atoms with Gasteiger partial charge in [-0.15, -0.1) is 0 Å². The van der Waals surface area contributed by atoms with Crippen molar-refractivity contribution in [1.82, 2.24) is 4.57 Å². The van der Waals surface area contributed by atoms with Gasteiger partial charge in [-0.3, -0.25) is 4.79 Å². The van der Waals surface area contributed by atoms with Crippen molar-refractivity contribution < 1.29 is 14.3 Å². The SMILES string of the molecule is CCOC(=O)c1cn(CCCOC(C)C)c2ccccc2c1=O. The Kier molecular flexibility index (Phi) is 5.93. The van der Waals surface area contributed by atoms with Gasteiger partial charge in [-0.25, -0.2) is 4.79 Å². The molecule has 124 valence electrons. The van der Waals surface area contributed by atoms with Crippen LogP contribution in [0.15, 0.2) is 35.3 Å². The molecule has 1 heterocycles. The van der Waals surface area contributed by atoms with Crippen molar-refractivity contribution >= 4 is 16.9 Å². The third-order valence-corrected chi connectivity index (χ3v) is 3.48. The molecule has 0 unspecified atom stereocenters. The molecular weight excluding hydrogens is 294 g/mol. The highest BCUT2D eigenvalue weighted by Gasteiger charge is 2.16. The van der Waals surface area contributed by atoms with Crippen LogP contribution in [0.25, 0.3) is 10.9 Å². The molecule has 0 radical (unpaired) electrons. The number of aryl methyl sites for hydroxylation is 1. The van der Waals surface area contributed by atoms with Gasteiger partial charge in [0.2, 0.25) is 5.43 Å². The summed E-state index contributed by atoms with van der Waals surface area (Å²) < 4.78 is 12.5. The van der Waals surface area contributed by atoms with Crippen LogP contribution in [0.1, 0.15) is 37.6 Å². The highest BCUT2D eigenvalue weighted by Crippen LogP contribution is 2.13. The Hall–Kier alpha value is -2.14. The second-order valence-corrected chi connectivity index (χ2v) is 5.58. The number of pyridine rings is 1. The number of para-hydroxylation sites is 1. The first-order chi connectivity index (χ1) is 11.0. The van der Waals surface area contributed by atoms with E-state index in [1.54, 1.807) is 25.3 Å². The standard InChI is InChI=1S/C18H23NO4/c1-4-22-18(21)15-12-19(10-7-11-23-13(2)3)16-9-6-5-8-14(16)17(15)20/h5-6,8-9,12-13H,4,7,10-11H2,1-3H3. The van der Waals surface area contributed by atoms with E-state index in [0.717, 1.165) is 11.9 Å². The summed E-state index contributed by atoms with van der Waals surface area (Å²) in [4.78, 5) is 24.5. The highest BCUT2D eigenvalue weighted by molar-refractivity contribution is 5.93. The molecule has 5 heteroatoms. The Morgan fingerprint density at radius 2 is 2.00 bits per heavy atom. The molecule has 0 bridgehead atoms. The largest absolute Gasteiger partial charge is 0.462 e. The number of fused-ring (bicyclic) bond motifs is 1. The molecule has 0 N–H and O–H groups in total. The van der Waals surface area contributed by atoms with Gasteiger partial charge in [0.15, 0.2) is 0 Å². The van der Waals surface area contributed by atoms with Crippen LogP contribution in [0.3, 0.4) is 0 Å². The molecule has 0 atom stereocenters. The Labute approximate surface area is 135 Å². The molecule has 0 amide bonds. The van der Waals surface area contributed by atoms with Crippen LogP contribution < -0.4 is 5.43 Å². The van der Waals surface area contributed by atoms with Crippen molar-refractivity contribution in [3.8, 4) is 0 Å². The molecule has 2 rings (SSSR count). The fourth-order valence-corrected chi connectivity index (χ4v) is 2.44. The quantitative estimate of drug-likeness (QED) is 0.582. The number of esters is 1. The van der Waals surface area contributed by atoms with Crippen LogP contribution in [0.5, 0.6) is 0 Å². The monoisotopic (exact) mass is 317 g/mol. The van der Waals surface area contributed by atoms with Gasteiger partial charge in [0.25, 0.3) is 0 Å². The van der Waals surface area contributed by atoms with Crippen LogP contribution in [-0.4, -0.2) is 29.9 Å². The average molecular weight is 317 g/mol. The Balaban J connectivity index is 2.36. The smallest absolute Gasteiger partial charge is 0.343 e. The zero-order valence-electron chi connectivity index (χ0n) is 13.9. The first-order valence-electron chi connectivity index (χ1n) is 7.95. The number of benzene rings is 1. The lowest BCUT2D eigenvalue weighted by Crippen LogP contribution is -2.21. The van der Waals surface area contributed by atoms with Crippen LogP contribution in [0.4, 0.5) is 0 Å². The van der Waals surface area contributed by atoms with Gasteiger partial charge in [0, 0.05) is 24.7 Å². The predicted molar refractivity (Wildman–Crippen MR) is 89.9 cm³/mol. The predicted octanol–water partition coefficient (Wildman–Crippen LogP) is 2.99. The van der Waals surface area contributed by atoms with E-state index < -0.39 is 5.97 Å².